The first-order valence-electron chi connectivity index (χ1n) is 13.6. The van der Waals surface area contributed by atoms with Crippen LogP contribution in [0.25, 0.3) is 33.3 Å². The summed E-state index contributed by atoms with van der Waals surface area (Å²) in [6.07, 6.45) is 7.25. The highest BCUT2D eigenvalue weighted by Crippen LogP contribution is 2.37. The highest BCUT2D eigenvalue weighted by atomic mass is 35.5. The van der Waals surface area contributed by atoms with E-state index >= 15 is 0 Å². The van der Waals surface area contributed by atoms with Crippen LogP contribution in [0, 0.1) is 0 Å². The van der Waals surface area contributed by atoms with Gasteiger partial charge in [0, 0.05) is 47.9 Å². The largest absolute Gasteiger partial charge is 0.505 e. The first kappa shape index (κ1) is 28.6. The maximum atomic E-state index is 12.8. The Balaban J connectivity index is 0.00000108. The summed E-state index contributed by atoms with van der Waals surface area (Å²) in [5.41, 5.74) is 2.54. The molecule has 1 aliphatic rings. The smallest absolute Gasteiger partial charge is 0.229 e. The number of nitrogens with zero attached hydrogens (tertiary/aromatic N) is 3. The molecule has 0 amide bonds. The Morgan fingerprint density at radius 1 is 1.10 bits per heavy atom. The molecule has 8 nitrogen and oxygen atoms in total. The molecule has 3 aromatic heterocycles. The van der Waals surface area contributed by atoms with Crippen LogP contribution < -0.4 is 10.7 Å². The number of hydrogen-bond donors (Lipinski definition) is 2. The number of carbonyl (C=O) groups excluding carboxylic acids is 1. The summed E-state index contributed by atoms with van der Waals surface area (Å²) >= 11 is 12.1. The van der Waals surface area contributed by atoms with Crippen LogP contribution in [0.5, 0.6) is 5.75 Å². The second-order valence-electron chi connectivity index (χ2n) is 10.2. The SMILES string of the molecule is CC(=O)c1cc2cnc(Nc3ccc4c(=O)cc(-c5cc(Cl)c(O)c(Cl)c5)oc4c3)nc2n1C1CCCC1.CCC. The Morgan fingerprint density at radius 2 is 1.78 bits per heavy atom. The van der Waals surface area contributed by atoms with Gasteiger partial charge in [0.1, 0.15) is 17.0 Å². The van der Waals surface area contributed by atoms with E-state index in [1.165, 1.54) is 24.6 Å². The van der Waals surface area contributed by atoms with E-state index in [2.05, 4.69) is 28.7 Å². The monoisotopic (exact) mass is 592 g/mol. The lowest BCUT2D eigenvalue weighted by atomic mass is 10.1. The highest BCUT2D eigenvalue weighted by molar-refractivity contribution is 6.37. The lowest BCUT2D eigenvalue weighted by Gasteiger charge is -2.16. The van der Waals surface area contributed by atoms with Crippen LogP contribution in [0.15, 0.2) is 57.9 Å². The first-order chi connectivity index (χ1) is 19.7. The van der Waals surface area contributed by atoms with Crippen LogP contribution in [0.3, 0.4) is 0 Å². The predicted molar refractivity (Wildman–Crippen MR) is 164 cm³/mol. The van der Waals surface area contributed by atoms with Crippen molar-refractivity contribution in [3.8, 4) is 17.1 Å². The first-order valence-corrected chi connectivity index (χ1v) is 14.4. The second kappa shape index (κ2) is 11.9. The van der Waals surface area contributed by atoms with Gasteiger partial charge < -0.3 is 19.4 Å². The van der Waals surface area contributed by atoms with Crippen molar-refractivity contribution in [3.05, 3.63) is 74.6 Å². The Morgan fingerprint density at radius 3 is 2.44 bits per heavy atom. The fraction of sp³-hybridized carbons (Fsp3) is 0.290. The van der Waals surface area contributed by atoms with Gasteiger partial charge in [0.25, 0.3) is 0 Å². The van der Waals surface area contributed by atoms with E-state index in [0.717, 1.165) is 36.7 Å². The molecule has 2 N–H and O–H groups in total. The number of hydrogen-bond acceptors (Lipinski definition) is 7. The van der Waals surface area contributed by atoms with Gasteiger partial charge in [-0.1, -0.05) is 56.3 Å². The Labute approximate surface area is 246 Å². The molecule has 212 valence electrons. The molecular weight excluding hydrogens is 563 g/mol. The number of rotatable bonds is 5. The fourth-order valence-corrected chi connectivity index (χ4v) is 5.57. The van der Waals surface area contributed by atoms with Crippen molar-refractivity contribution in [2.75, 3.05) is 5.32 Å². The number of halogens is 2. The molecule has 0 saturated heterocycles. The number of aromatic nitrogens is 3. The number of aromatic hydroxyl groups is 1. The molecule has 10 heteroatoms. The van der Waals surface area contributed by atoms with Crippen LogP contribution >= 0.6 is 23.2 Å². The second-order valence-corrected chi connectivity index (χ2v) is 11.0. The quantitative estimate of drug-likeness (QED) is 0.196. The summed E-state index contributed by atoms with van der Waals surface area (Å²) in [5, 5.41) is 14.4. The van der Waals surface area contributed by atoms with E-state index in [0.29, 0.717) is 33.9 Å². The van der Waals surface area contributed by atoms with Crippen LogP contribution in [0.1, 0.15) is 69.4 Å². The molecule has 2 aromatic carbocycles. The van der Waals surface area contributed by atoms with Crippen LogP contribution in [0.4, 0.5) is 11.6 Å². The molecule has 6 rings (SSSR count). The summed E-state index contributed by atoms with van der Waals surface area (Å²) in [6.45, 7) is 5.82. The minimum absolute atomic E-state index is 0.000903. The molecule has 0 spiro atoms. The summed E-state index contributed by atoms with van der Waals surface area (Å²) in [6, 6.07) is 11.5. The Hall–Kier alpha value is -3.88. The van der Waals surface area contributed by atoms with E-state index in [-0.39, 0.29) is 38.8 Å². The van der Waals surface area contributed by atoms with Crippen molar-refractivity contribution in [2.45, 2.75) is 58.9 Å². The predicted octanol–water partition coefficient (Wildman–Crippen LogP) is 8.69. The highest BCUT2D eigenvalue weighted by Gasteiger charge is 2.24. The van der Waals surface area contributed by atoms with E-state index < -0.39 is 0 Å². The molecule has 5 aromatic rings. The Bertz CT molecular complexity index is 1800. The summed E-state index contributed by atoms with van der Waals surface area (Å²) in [7, 11) is 0. The summed E-state index contributed by atoms with van der Waals surface area (Å²) in [4.78, 5) is 34.3. The van der Waals surface area contributed by atoms with Crippen LogP contribution in [-0.2, 0) is 0 Å². The summed E-state index contributed by atoms with van der Waals surface area (Å²) < 4.78 is 8.07. The molecule has 0 aliphatic heterocycles. The number of Topliss-reactive ketones (excluding diaryl/α,β-unsaturated/α-hetero) is 1. The molecule has 1 fully saturated rings. The Kier molecular flexibility index (Phi) is 8.33. The zero-order chi connectivity index (χ0) is 29.3. The van der Waals surface area contributed by atoms with Gasteiger partial charge >= 0.3 is 0 Å². The number of phenolic OH excluding ortho intramolecular Hbond substituents is 1. The van der Waals surface area contributed by atoms with Gasteiger partial charge in [0.15, 0.2) is 17.0 Å². The van der Waals surface area contributed by atoms with Crippen molar-refractivity contribution < 1.29 is 14.3 Å². The molecule has 0 radical (unpaired) electrons. The normalized spacial score (nSPS) is 13.4. The number of benzene rings is 2. The third kappa shape index (κ3) is 5.80. The molecule has 3 heterocycles. The number of anilines is 2. The van der Waals surface area contributed by atoms with E-state index in [4.69, 9.17) is 32.6 Å². The fourth-order valence-electron chi connectivity index (χ4n) is 5.08. The molecule has 1 aliphatic carbocycles. The number of ketones is 1. The number of phenols is 1. The van der Waals surface area contributed by atoms with Crippen molar-refractivity contribution in [1.29, 1.82) is 0 Å². The maximum absolute atomic E-state index is 12.8. The van der Waals surface area contributed by atoms with Crippen molar-refractivity contribution >= 4 is 62.6 Å². The minimum Gasteiger partial charge on any atom is -0.505 e. The molecular formula is C31H30Cl2N4O4. The molecule has 1 saturated carbocycles. The van der Waals surface area contributed by atoms with Crippen LogP contribution in [0.2, 0.25) is 10.0 Å². The van der Waals surface area contributed by atoms with E-state index in [1.807, 2.05) is 6.07 Å². The average molecular weight is 594 g/mol. The van der Waals surface area contributed by atoms with Crippen molar-refractivity contribution in [2.24, 2.45) is 0 Å². The number of fused-ring (bicyclic) bond motifs is 2. The van der Waals surface area contributed by atoms with E-state index in [1.54, 1.807) is 31.3 Å². The lowest BCUT2D eigenvalue weighted by Crippen LogP contribution is -2.12. The zero-order valence-electron chi connectivity index (χ0n) is 23.0. The number of carbonyl (C=O) groups is 1. The molecule has 0 atom stereocenters. The summed E-state index contributed by atoms with van der Waals surface area (Å²) in [5.74, 6) is 0.381. The average Bonchev–Trinajstić information content (AvgIpc) is 3.59. The van der Waals surface area contributed by atoms with Gasteiger partial charge in [0.2, 0.25) is 5.95 Å². The third-order valence-corrected chi connectivity index (χ3v) is 7.49. The van der Waals surface area contributed by atoms with Gasteiger partial charge in [-0.25, -0.2) is 4.98 Å². The molecule has 41 heavy (non-hydrogen) atoms. The van der Waals surface area contributed by atoms with E-state index in [9.17, 15) is 14.7 Å². The lowest BCUT2D eigenvalue weighted by molar-refractivity contribution is 0.100. The van der Waals surface area contributed by atoms with Gasteiger partial charge in [0.05, 0.1) is 21.1 Å². The minimum atomic E-state index is -0.239. The number of nitrogens with one attached hydrogen (secondary N) is 1. The van der Waals surface area contributed by atoms with Gasteiger partial charge in [-0.3, -0.25) is 9.59 Å². The van der Waals surface area contributed by atoms with Crippen molar-refractivity contribution in [3.63, 3.8) is 0 Å². The van der Waals surface area contributed by atoms with Gasteiger partial charge in [-0.05, 0) is 43.2 Å². The van der Waals surface area contributed by atoms with Gasteiger partial charge in [-0.2, -0.15) is 4.98 Å². The topological polar surface area (TPSA) is 110 Å². The van der Waals surface area contributed by atoms with Crippen LogP contribution in [-0.4, -0.2) is 25.4 Å². The van der Waals surface area contributed by atoms with Crippen molar-refractivity contribution in [1.82, 2.24) is 14.5 Å². The maximum Gasteiger partial charge on any atom is 0.229 e. The zero-order valence-corrected chi connectivity index (χ0v) is 24.5. The van der Waals surface area contributed by atoms with Gasteiger partial charge in [-0.15, -0.1) is 0 Å². The standard InChI is InChI=1S/C28H22Cl2N4O4.C3H8/c1-14(35)22-10-16-13-31-28(33-27(16)34(22)18-4-2-3-5-18)32-17-6-7-19-23(36)12-24(38-25(19)11-17)15-8-20(29)26(37)21(30)9-15;1-3-2/h6-13,18,37H,2-5H2,1H3,(H,31,32,33);3H2,1-2H3. The molecule has 0 bridgehead atoms. The molecule has 0 unspecified atom stereocenters. The third-order valence-electron chi connectivity index (χ3n) is 6.91.